The molecule has 4 N–H and O–H groups in total. The minimum Gasteiger partial charge on any atom is -0.481 e. The topological polar surface area (TPSA) is 205 Å². The molecule has 0 amide bonds. The molecule has 0 fully saturated rings. The van der Waals surface area contributed by atoms with E-state index in [2.05, 4.69) is 20.2 Å². The summed E-state index contributed by atoms with van der Waals surface area (Å²) in [5.41, 5.74) is 6.62. The molecule has 4 heterocycles. The molecule has 0 aromatic carbocycles. The molecule has 0 bridgehead atoms. The quantitative estimate of drug-likeness (QED) is 0.0528. The third-order valence-electron chi connectivity index (χ3n) is 9.34. The Kier molecular flexibility index (Phi) is 14.4. The normalized spacial score (nSPS) is 13.0. The summed E-state index contributed by atoms with van der Waals surface area (Å²) in [6.07, 6.45) is 8.78. The van der Waals surface area contributed by atoms with Crippen LogP contribution in [0.25, 0.3) is 22.5 Å². The number of carboxylic acid groups (broad SMARTS) is 2. The molecule has 0 saturated heterocycles. The van der Waals surface area contributed by atoms with Crippen molar-refractivity contribution in [3.8, 4) is 22.5 Å². The zero-order valence-electron chi connectivity index (χ0n) is 30.9. The van der Waals surface area contributed by atoms with Gasteiger partial charge in [0, 0.05) is 45.7 Å². The lowest BCUT2D eigenvalue weighted by molar-refractivity contribution is -0.384. The molecule has 0 saturated carbocycles. The molecule has 0 unspecified atom stereocenters. The Morgan fingerprint density at radius 1 is 0.796 bits per heavy atom. The van der Waals surface area contributed by atoms with E-state index in [1.165, 1.54) is 18.5 Å². The Morgan fingerprint density at radius 2 is 1.20 bits per heavy atom. The fourth-order valence-electron chi connectivity index (χ4n) is 5.84. The molecule has 0 spiro atoms. The predicted molar refractivity (Wildman–Crippen MR) is 192 cm³/mol. The van der Waals surface area contributed by atoms with Crippen molar-refractivity contribution in [2.75, 3.05) is 5.73 Å². The van der Waals surface area contributed by atoms with Crippen LogP contribution in [0.5, 0.6) is 0 Å². The molecule has 54 heavy (non-hydrogen) atoms. The summed E-state index contributed by atoms with van der Waals surface area (Å²) >= 11 is 0. The summed E-state index contributed by atoms with van der Waals surface area (Å²) in [6, 6.07) is 6.34. The third-order valence-corrected chi connectivity index (χ3v) is 9.34. The van der Waals surface area contributed by atoms with Gasteiger partial charge in [0.1, 0.15) is 6.20 Å². The lowest BCUT2D eigenvalue weighted by Crippen LogP contribution is -2.20. The molecule has 0 aliphatic rings. The van der Waals surface area contributed by atoms with Crippen LogP contribution in [0.3, 0.4) is 0 Å². The Bertz CT molecular complexity index is 1910. The number of hydrogen-bond donors (Lipinski definition) is 3. The predicted octanol–water partition coefficient (Wildman–Crippen LogP) is 8.51. The van der Waals surface area contributed by atoms with Crippen molar-refractivity contribution >= 4 is 23.3 Å². The van der Waals surface area contributed by atoms with E-state index in [1.807, 2.05) is 27.7 Å². The molecular formula is C36H46F4N8O6. The van der Waals surface area contributed by atoms with Crippen molar-refractivity contribution in [3.05, 3.63) is 70.6 Å². The van der Waals surface area contributed by atoms with Crippen LogP contribution in [0.2, 0.25) is 0 Å². The van der Waals surface area contributed by atoms with E-state index in [0.29, 0.717) is 46.3 Å². The van der Waals surface area contributed by atoms with E-state index in [1.54, 1.807) is 38.2 Å². The highest BCUT2D eigenvalue weighted by molar-refractivity contribution is 5.73. The maximum atomic E-state index is 13.2. The molecule has 294 valence electrons. The van der Waals surface area contributed by atoms with Gasteiger partial charge in [-0.2, -0.15) is 32.4 Å². The van der Waals surface area contributed by atoms with E-state index in [9.17, 15) is 37.3 Å². The van der Waals surface area contributed by atoms with Crippen molar-refractivity contribution in [1.82, 2.24) is 29.5 Å². The Morgan fingerprint density at radius 3 is 1.61 bits per heavy atom. The number of pyridine rings is 2. The Balaban J connectivity index is 0.000000291. The van der Waals surface area contributed by atoms with Crippen molar-refractivity contribution in [1.29, 1.82) is 0 Å². The number of carboxylic acids is 2. The zero-order chi connectivity index (χ0) is 40.5. The van der Waals surface area contributed by atoms with Crippen molar-refractivity contribution in [2.24, 2.45) is 11.8 Å². The number of halogens is 4. The number of aliphatic carboxylic acids is 2. The highest BCUT2D eigenvalue weighted by Crippen LogP contribution is 2.37. The number of aromatic nitrogens is 6. The summed E-state index contributed by atoms with van der Waals surface area (Å²) in [5.74, 6) is -2.52. The van der Waals surface area contributed by atoms with Crippen LogP contribution in [0.1, 0.15) is 105 Å². The largest absolute Gasteiger partial charge is 0.481 e. The van der Waals surface area contributed by atoms with Gasteiger partial charge in [-0.1, -0.05) is 54.4 Å². The molecule has 0 radical (unpaired) electrons. The number of carbonyl (C=O) groups is 2. The minimum absolute atomic E-state index is 0.166. The van der Waals surface area contributed by atoms with Gasteiger partial charge in [-0.15, -0.1) is 0 Å². The maximum absolute atomic E-state index is 13.2. The Hall–Kier alpha value is -5.42. The maximum Gasteiger partial charge on any atom is 0.334 e. The highest BCUT2D eigenvalue weighted by atomic mass is 19.3. The van der Waals surface area contributed by atoms with Gasteiger partial charge >= 0.3 is 30.7 Å². The smallest absolute Gasteiger partial charge is 0.334 e. The van der Waals surface area contributed by atoms with Crippen molar-refractivity contribution in [2.45, 2.75) is 104 Å². The van der Waals surface area contributed by atoms with Crippen LogP contribution in [0, 0.1) is 22.0 Å². The number of nitrogen functional groups attached to an aromatic ring is 1. The van der Waals surface area contributed by atoms with Crippen LogP contribution in [-0.2, 0) is 20.4 Å². The average molecular weight is 763 g/mol. The molecule has 2 atom stereocenters. The lowest BCUT2D eigenvalue weighted by atomic mass is 9.82. The number of nitro groups is 1. The van der Waals surface area contributed by atoms with E-state index in [0.717, 1.165) is 24.7 Å². The van der Waals surface area contributed by atoms with Crippen LogP contribution < -0.4 is 5.73 Å². The van der Waals surface area contributed by atoms with Gasteiger partial charge in [0.25, 0.3) is 0 Å². The number of alkyl halides is 4. The molecule has 0 aliphatic carbocycles. The fraction of sp³-hybridized carbons (Fsp3) is 0.500. The summed E-state index contributed by atoms with van der Waals surface area (Å²) in [6.45, 7) is 5.32. The van der Waals surface area contributed by atoms with Gasteiger partial charge in [-0.3, -0.25) is 29.7 Å². The first kappa shape index (κ1) is 43.0. The second-order valence-corrected chi connectivity index (χ2v) is 14.4. The summed E-state index contributed by atoms with van der Waals surface area (Å²) in [4.78, 5) is 41.0. The highest BCUT2D eigenvalue weighted by Gasteiger charge is 2.29. The van der Waals surface area contributed by atoms with Gasteiger partial charge < -0.3 is 15.9 Å². The van der Waals surface area contributed by atoms with E-state index in [-0.39, 0.29) is 28.1 Å². The van der Waals surface area contributed by atoms with E-state index < -0.39 is 52.9 Å². The number of hydrogen-bond acceptors (Lipinski definition) is 9. The van der Waals surface area contributed by atoms with Gasteiger partial charge in [0.2, 0.25) is 0 Å². The Labute approximate surface area is 309 Å². The first-order valence-corrected chi connectivity index (χ1v) is 17.2. The number of anilines is 1. The zero-order valence-corrected chi connectivity index (χ0v) is 30.9. The van der Waals surface area contributed by atoms with Crippen molar-refractivity contribution in [3.63, 3.8) is 0 Å². The SMILES string of the molecule is C[C@H](CCCC(C)(C)c1cc(-c2c(N)cnn2C(F)F)ccn1)C(=O)O.C[C@H](CCCC(C)(C)c1cc(-c2c([N+](=O)[O-])cnn2C(F)F)ccn1)C(=O)O. The third kappa shape index (κ3) is 10.8. The molecule has 4 aromatic heterocycles. The summed E-state index contributed by atoms with van der Waals surface area (Å²) in [5, 5.41) is 36.2. The van der Waals surface area contributed by atoms with Crippen LogP contribution in [0.15, 0.2) is 49.1 Å². The number of nitrogens with zero attached hydrogens (tertiary/aromatic N) is 7. The lowest BCUT2D eigenvalue weighted by Gasteiger charge is -2.25. The van der Waals surface area contributed by atoms with Gasteiger partial charge in [-0.05, 0) is 49.9 Å². The first-order valence-electron chi connectivity index (χ1n) is 17.2. The average Bonchev–Trinajstić information content (AvgIpc) is 3.73. The molecule has 14 nitrogen and oxygen atoms in total. The fourth-order valence-corrected chi connectivity index (χ4v) is 5.84. The second kappa shape index (κ2) is 18.1. The molecule has 18 heteroatoms. The van der Waals surface area contributed by atoms with Gasteiger partial charge in [-0.25, -0.2) is 4.68 Å². The standard InChI is InChI=1S/C18H22F2N4O4.C18H24F2N4O2/c1-11(16(25)26)5-4-7-18(2,3)14-9-12(6-8-21-14)15-13(24(27)28)10-22-23(15)17(19)20;1-11(16(25)26)5-4-7-18(2,3)14-9-12(6-8-22-14)15-13(21)10-23-24(15)17(19)20/h6,8-11,17H,4-5,7H2,1-3H3,(H,25,26);6,8-11,17H,4-5,7,21H2,1-3H3,(H,25,26)/t2*11-/m11/s1. The monoisotopic (exact) mass is 762 g/mol. The molecule has 4 rings (SSSR count). The minimum atomic E-state index is -3.02. The first-order chi connectivity index (χ1) is 25.2. The van der Waals surface area contributed by atoms with Crippen molar-refractivity contribution < 1.29 is 42.3 Å². The van der Waals surface area contributed by atoms with Crippen LogP contribution >= 0.6 is 0 Å². The van der Waals surface area contributed by atoms with E-state index >= 15 is 0 Å². The van der Waals surface area contributed by atoms with E-state index in [4.69, 9.17) is 15.9 Å². The van der Waals surface area contributed by atoms with Crippen LogP contribution in [-0.4, -0.2) is 56.6 Å². The summed E-state index contributed by atoms with van der Waals surface area (Å²) < 4.78 is 53.7. The molecular weight excluding hydrogens is 716 g/mol. The second-order valence-electron chi connectivity index (χ2n) is 14.4. The summed E-state index contributed by atoms with van der Waals surface area (Å²) in [7, 11) is 0. The number of rotatable bonds is 17. The van der Waals surface area contributed by atoms with Gasteiger partial charge in [0.15, 0.2) is 5.69 Å². The van der Waals surface area contributed by atoms with Gasteiger partial charge in [0.05, 0.1) is 34.3 Å². The van der Waals surface area contributed by atoms with Crippen LogP contribution in [0.4, 0.5) is 28.9 Å². The number of nitrogens with two attached hydrogens (primary N) is 1. The molecule has 4 aromatic rings. The molecule has 0 aliphatic heterocycles.